The van der Waals surface area contributed by atoms with Gasteiger partial charge in [-0.05, 0) is 31.9 Å². The summed E-state index contributed by atoms with van der Waals surface area (Å²) in [6, 6.07) is 3.58. The van der Waals surface area contributed by atoms with E-state index in [0.29, 0.717) is 47.1 Å². The molecular formula is C20H26ClN5O3S. The summed E-state index contributed by atoms with van der Waals surface area (Å²) < 4.78 is 7.97. The van der Waals surface area contributed by atoms with Crippen molar-refractivity contribution in [1.82, 2.24) is 25.1 Å². The average molecular weight is 452 g/mol. The number of aryl methyl sites for hydroxylation is 1. The molecule has 0 saturated carbocycles. The maximum Gasteiger partial charge on any atom is 0.274 e. The molecule has 0 aliphatic carbocycles. The van der Waals surface area contributed by atoms with E-state index in [4.69, 9.17) is 16.3 Å². The minimum Gasteiger partial charge on any atom is -0.383 e. The number of carbonyl (C=O) groups is 2. The van der Waals surface area contributed by atoms with Gasteiger partial charge in [-0.25, -0.2) is 4.98 Å². The van der Waals surface area contributed by atoms with Gasteiger partial charge in [-0.2, -0.15) is 0 Å². The first-order valence-electron chi connectivity index (χ1n) is 10.1. The molecule has 4 heterocycles. The first-order valence-corrected chi connectivity index (χ1v) is 11.3. The second-order valence-corrected chi connectivity index (χ2v) is 9.60. The van der Waals surface area contributed by atoms with E-state index in [1.165, 1.54) is 11.3 Å². The number of nitrogens with zero attached hydrogens (tertiary/aromatic N) is 3. The fourth-order valence-corrected chi connectivity index (χ4v) is 5.00. The summed E-state index contributed by atoms with van der Waals surface area (Å²) in [5, 5.41) is 6.44. The third kappa shape index (κ3) is 4.54. The number of methoxy groups -OCH3 is 1. The van der Waals surface area contributed by atoms with Crippen molar-refractivity contribution in [2.75, 3.05) is 20.3 Å². The molecule has 0 radical (unpaired) electrons. The van der Waals surface area contributed by atoms with Gasteiger partial charge in [0.2, 0.25) is 0 Å². The van der Waals surface area contributed by atoms with Gasteiger partial charge in [-0.3, -0.25) is 9.59 Å². The predicted octanol–water partition coefficient (Wildman–Crippen LogP) is 2.14. The third-order valence-electron chi connectivity index (χ3n) is 5.66. The molecule has 2 aliphatic rings. The minimum absolute atomic E-state index is 0.112. The minimum atomic E-state index is -0.170. The smallest absolute Gasteiger partial charge is 0.274 e. The van der Waals surface area contributed by atoms with Crippen LogP contribution in [0.1, 0.15) is 45.7 Å². The van der Waals surface area contributed by atoms with Gasteiger partial charge in [-0.1, -0.05) is 11.6 Å². The highest BCUT2D eigenvalue weighted by molar-refractivity contribution is 7.18. The van der Waals surface area contributed by atoms with Gasteiger partial charge >= 0.3 is 0 Å². The van der Waals surface area contributed by atoms with Gasteiger partial charge in [0, 0.05) is 38.5 Å². The molecule has 3 atom stereocenters. The number of thiophene rings is 1. The molecule has 1 saturated heterocycles. The first-order chi connectivity index (χ1) is 14.4. The molecule has 162 valence electrons. The van der Waals surface area contributed by atoms with Crippen LogP contribution >= 0.6 is 22.9 Å². The molecule has 10 heteroatoms. The molecule has 3 unspecified atom stereocenters. The van der Waals surface area contributed by atoms with E-state index in [2.05, 4.69) is 27.1 Å². The van der Waals surface area contributed by atoms with Crippen molar-refractivity contribution in [1.29, 1.82) is 0 Å². The van der Waals surface area contributed by atoms with E-state index in [-0.39, 0.29) is 23.9 Å². The van der Waals surface area contributed by atoms with Gasteiger partial charge < -0.3 is 24.8 Å². The number of imidazole rings is 1. The number of nitrogens with one attached hydrogen (secondary N) is 2. The number of likely N-dealkylation sites (tertiary alicyclic amines) is 1. The van der Waals surface area contributed by atoms with Crippen molar-refractivity contribution in [3.63, 3.8) is 0 Å². The molecule has 2 N–H and O–H groups in total. The lowest BCUT2D eigenvalue weighted by atomic mass is 10.2. The monoisotopic (exact) mass is 451 g/mol. The first kappa shape index (κ1) is 21.3. The molecule has 2 aliphatic heterocycles. The number of rotatable bonds is 5. The lowest BCUT2D eigenvalue weighted by Crippen LogP contribution is -2.40. The second kappa shape index (κ2) is 9.05. The van der Waals surface area contributed by atoms with Gasteiger partial charge in [0.25, 0.3) is 11.8 Å². The van der Waals surface area contributed by atoms with Crippen LogP contribution in [0, 0.1) is 0 Å². The summed E-state index contributed by atoms with van der Waals surface area (Å²) in [5.41, 5.74) is 0.444. The van der Waals surface area contributed by atoms with Gasteiger partial charge in [0.15, 0.2) is 0 Å². The number of carbonyl (C=O) groups excluding carboxylic acids is 2. The Morgan fingerprint density at radius 1 is 1.43 bits per heavy atom. The summed E-state index contributed by atoms with van der Waals surface area (Å²) >= 11 is 7.18. The third-order valence-corrected chi connectivity index (χ3v) is 6.89. The summed E-state index contributed by atoms with van der Waals surface area (Å²) in [6.07, 6.45) is 3.48. The SMILES string of the molecule is COCC1CC(NC(=O)c2ccc(Cl)s2)CN1C(=O)c1cn2c(n1)CNC(C)CC2. The number of halogens is 1. The fourth-order valence-electron chi connectivity index (χ4n) is 4.05. The molecule has 8 nitrogen and oxygen atoms in total. The van der Waals surface area contributed by atoms with Crippen molar-refractivity contribution in [3.8, 4) is 0 Å². The Kier molecular flexibility index (Phi) is 6.43. The summed E-state index contributed by atoms with van der Waals surface area (Å²) in [7, 11) is 1.62. The molecular weight excluding hydrogens is 426 g/mol. The van der Waals surface area contributed by atoms with Crippen LogP contribution in [0.15, 0.2) is 18.3 Å². The highest BCUT2D eigenvalue weighted by Crippen LogP contribution is 2.24. The van der Waals surface area contributed by atoms with Gasteiger partial charge in [0.05, 0.1) is 28.4 Å². The van der Waals surface area contributed by atoms with Crippen LogP contribution < -0.4 is 10.6 Å². The molecule has 0 spiro atoms. The molecule has 4 rings (SSSR count). The van der Waals surface area contributed by atoms with E-state index in [9.17, 15) is 9.59 Å². The zero-order chi connectivity index (χ0) is 21.3. The Labute approximate surface area is 184 Å². The Hall–Kier alpha value is -1.94. The van der Waals surface area contributed by atoms with Crippen molar-refractivity contribution < 1.29 is 14.3 Å². The summed E-state index contributed by atoms with van der Waals surface area (Å²) in [6.45, 7) is 4.48. The van der Waals surface area contributed by atoms with E-state index < -0.39 is 0 Å². The Morgan fingerprint density at radius 3 is 3.00 bits per heavy atom. The zero-order valence-corrected chi connectivity index (χ0v) is 18.6. The largest absolute Gasteiger partial charge is 0.383 e. The van der Waals surface area contributed by atoms with Crippen molar-refractivity contribution >= 4 is 34.8 Å². The molecule has 0 aromatic carbocycles. The Balaban J connectivity index is 1.46. The van der Waals surface area contributed by atoms with Crippen LogP contribution in [0.5, 0.6) is 0 Å². The maximum absolute atomic E-state index is 13.3. The number of ether oxygens (including phenoxy) is 1. The summed E-state index contributed by atoms with van der Waals surface area (Å²) in [5.74, 6) is 0.586. The van der Waals surface area contributed by atoms with E-state index in [0.717, 1.165) is 18.8 Å². The molecule has 2 aromatic heterocycles. The van der Waals surface area contributed by atoms with Crippen molar-refractivity contribution in [3.05, 3.63) is 39.1 Å². The topological polar surface area (TPSA) is 88.5 Å². The number of aromatic nitrogens is 2. The molecule has 2 aromatic rings. The molecule has 1 fully saturated rings. The fraction of sp³-hybridized carbons (Fsp3) is 0.550. The quantitative estimate of drug-likeness (QED) is 0.727. The predicted molar refractivity (Wildman–Crippen MR) is 115 cm³/mol. The van der Waals surface area contributed by atoms with Crippen LogP contribution in [0.25, 0.3) is 0 Å². The highest BCUT2D eigenvalue weighted by Gasteiger charge is 2.37. The van der Waals surface area contributed by atoms with Crippen LogP contribution in [0.2, 0.25) is 4.34 Å². The van der Waals surface area contributed by atoms with E-state index in [1.807, 2.05) is 6.20 Å². The van der Waals surface area contributed by atoms with Crippen molar-refractivity contribution in [2.45, 2.75) is 51.0 Å². The molecule has 2 amide bonds. The van der Waals surface area contributed by atoms with Crippen LogP contribution in [0.4, 0.5) is 0 Å². The van der Waals surface area contributed by atoms with Crippen LogP contribution in [0.3, 0.4) is 0 Å². The van der Waals surface area contributed by atoms with Gasteiger partial charge in [0.1, 0.15) is 11.5 Å². The lowest BCUT2D eigenvalue weighted by Gasteiger charge is -2.23. The molecule has 0 bridgehead atoms. The van der Waals surface area contributed by atoms with Crippen LogP contribution in [-0.4, -0.2) is 64.7 Å². The Morgan fingerprint density at radius 2 is 2.27 bits per heavy atom. The number of hydrogen-bond donors (Lipinski definition) is 2. The van der Waals surface area contributed by atoms with Gasteiger partial charge in [-0.15, -0.1) is 11.3 Å². The molecule has 30 heavy (non-hydrogen) atoms. The van der Waals surface area contributed by atoms with Crippen molar-refractivity contribution in [2.24, 2.45) is 0 Å². The highest BCUT2D eigenvalue weighted by atomic mass is 35.5. The number of fused-ring (bicyclic) bond motifs is 1. The van der Waals surface area contributed by atoms with E-state index in [1.54, 1.807) is 24.1 Å². The average Bonchev–Trinajstić information content (AvgIpc) is 3.41. The second-order valence-electron chi connectivity index (χ2n) is 7.88. The standard InChI is InChI=1S/C20H26ClN5O3S/c1-12-5-6-25-10-15(24-18(25)8-22-12)20(28)26-9-13(7-14(26)11-29-2)23-19(27)16-3-4-17(21)30-16/h3-4,10,12-14,22H,5-9,11H2,1-2H3,(H,23,27). The zero-order valence-electron chi connectivity index (χ0n) is 17.1. The maximum atomic E-state index is 13.3. The van der Waals surface area contributed by atoms with Crippen LogP contribution in [-0.2, 0) is 17.8 Å². The Bertz CT molecular complexity index is 904. The normalized spacial score (nSPS) is 23.8. The summed E-state index contributed by atoms with van der Waals surface area (Å²) in [4.78, 5) is 32.7. The number of amides is 2. The lowest BCUT2D eigenvalue weighted by molar-refractivity contribution is 0.0623. The number of hydrogen-bond acceptors (Lipinski definition) is 6. The van der Waals surface area contributed by atoms with E-state index >= 15 is 0 Å².